The van der Waals surface area contributed by atoms with Crippen molar-refractivity contribution in [1.82, 2.24) is 9.88 Å². The van der Waals surface area contributed by atoms with Gasteiger partial charge in [0.25, 0.3) is 0 Å². The SMILES string of the molecule is Clc1ccc(-c2ncccc2CN2CCN(c3ccccc3)CC2)cc1. The molecule has 3 aromatic rings. The predicted octanol–water partition coefficient (Wildman–Crippen LogP) is 4.72. The molecular formula is C22H22ClN3. The molecule has 0 bridgehead atoms. The van der Waals surface area contributed by atoms with Gasteiger partial charge in [-0.1, -0.05) is 48.0 Å². The van der Waals surface area contributed by atoms with Gasteiger partial charge in [0, 0.05) is 55.2 Å². The second-order valence-electron chi connectivity index (χ2n) is 6.62. The summed E-state index contributed by atoms with van der Waals surface area (Å²) in [5.74, 6) is 0. The van der Waals surface area contributed by atoms with E-state index < -0.39 is 0 Å². The lowest BCUT2D eigenvalue weighted by Crippen LogP contribution is -2.46. The molecule has 0 amide bonds. The molecule has 0 atom stereocenters. The van der Waals surface area contributed by atoms with Gasteiger partial charge >= 0.3 is 0 Å². The van der Waals surface area contributed by atoms with Crippen LogP contribution in [0.15, 0.2) is 72.9 Å². The first kappa shape index (κ1) is 17.1. The highest BCUT2D eigenvalue weighted by molar-refractivity contribution is 6.30. The standard InChI is InChI=1S/C22H22ClN3/c23-20-10-8-18(9-11-20)22-19(5-4-12-24-22)17-25-13-15-26(16-14-25)21-6-2-1-3-7-21/h1-12H,13-17H2. The summed E-state index contributed by atoms with van der Waals surface area (Å²) in [7, 11) is 0. The van der Waals surface area contributed by atoms with Crippen molar-refractivity contribution in [2.45, 2.75) is 6.54 Å². The Morgan fingerprint density at radius 1 is 0.808 bits per heavy atom. The topological polar surface area (TPSA) is 19.4 Å². The van der Waals surface area contributed by atoms with E-state index in [1.165, 1.54) is 11.3 Å². The van der Waals surface area contributed by atoms with Gasteiger partial charge < -0.3 is 4.90 Å². The van der Waals surface area contributed by atoms with Gasteiger partial charge in [-0.05, 0) is 35.9 Å². The molecule has 1 fully saturated rings. The zero-order valence-corrected chi connectivity index (χ0v) is 15.4. The molecule has 1 aliphatic heterocycles. The van der Waals surface area contributed by atoms with Crippen molar-refractivity contribution in [1.29, 1.82) is 0 Å². The predicted molar refractivity (Wildman–Crippen MR) is 109 cm³/mol. The van der Waals surface area contributed by atoms with Gasteiger partial charge in [0.2, 0.25) is 0 Å². The number of piperazine rings is 1. The minimum atomic E-state index is 0.753. The van der Waals surface area contributed by atoms with Crippen molar-refractivity contribution in [2.24, 2.45) is 0 Å². The highest BCUT2D eigenvalue weighted by atomic mass is 35.5. The Kier molecular flexibility index (Phi) is 5.19. The lowest BCUT2D eigenvalue weighted by Gasteiger charge is -2.36. The van der Waals surface area contributed by atoms with E-state index in [4.69, 9.17) is 11.6 Å². The van der Waals surface area contributed by atoms with Gasteiger partial charge in [-0.25, -0.2) is 0 Å². The van der Waals surface area contributed by atoms with Gasteiger partial charge in [-0.15, -0.1) is 0 Å². The summed E-state index contributed by atoms with van der Waals surface area (Å²) in [6.45, 7) is 5.16. The summed E-state index contributed by atoms with van der Waals surface area (Å²) in [4.78, 5) is 9.59. The Morgan fingerprint density at radius 2 is 1.54 bits per heavy atom. The Bertz CT molecular complexity index is 841. The lowest BCUT2D eigenvalue weighted by molar-refractivity contribution is 0.250. The molecular weight excluding hydrogens is 342 g/mol. The fourth-order valence-corrected chi connectivity index (χ4v) is 3.60. The maximum absolute atomic E-state index is 6.03. The minimum absolute atomic E-state index is 0.753. The third-order valence-corrected chi connectivity index (χ3v) is 5.15. The van der Waals surface area contributed by atoms with Crippen LogP contribution < -0.4 is 4.90 Å². The molecule has 2 heterocycles. The molecule has 0 saturated carbocycles. The monoisotopic (exact) mass is 363 g/mol. The normalized spacial score (nSPS) is 15.2. The molecule has 4 rings (SSSR count). The summed E-state index contributed by atoms with van der Waals surface area (Å²) in [5.41, 5.74) is 4.75. The van der Waals surface area contributed by atoms with Crippen molar-refractivity contribution in [3.8, 4) is 11.3 Å². The molecule has 26 heavy (non-hydrogen) atoms. The van der Waals surface area contributed by atoms with Crippen LogP contribution in [0.25, 0.3) is 11.3 Å². The Balaban J connectivity index is 1.45. The highest BCUT2D eigenvalue weighted by Crippen LogP contribution is 2.25. The second kappa shape index (κ2) is 7.90. The number of halogens is 1. The van der Waals surface area contributed by atoms with Crippen LogP contribution in [0.2, 0.25) is 5.02 Å². The van der Waals surface area contributed by atoms with E-state index in [2.05, 4.69) is 51.2 Å². The van der Waals surface area contributed by atoms with E-state index in [9.17, 15) is 0 Å². The highest BCUT2D eigenvalue weighted by Gasteiger charge is 2.18. The van der Waals surface area contributed by atoms with Crippen LogP contribution in [0.1, 0.15) is 5.56 Å². The summed E-state index contributed by atoms with van der Waals surface area (Å²) in [5, 5.41) is 0.753. The molecule has 2 aromatic carbocycles. The zero-order valence-electron chi connectivity index (χ0n) is 14.7. The maximum atomic E-state index is 6.03. The van der Waals surface area contributed by atoms with E-state index >= 15 is 0 Å². The van der Waals surface area contributed by atoms with Crippen molar-refractivity contribution < 1.29 is 0 Å². The molecule has 1 aliphatic rings. The molecule has 1 aromatic heterocycles. The van der Waals surface area contributed by atoms with Crippen LogP contribution in [-0.2, 0) is 6.54 Å². The second-order valence-corrected chi connectivity index (χ2v) is 7.05. The number of hydrogen-bond acceptors (Lipinski definition) is 3. The van der Waals surface area contributed by atoms with Crippen molar-refractivity contribution in [3.63, 3.8) is 0 Å². The Hall–Kier alpha value is -2.36. The molecule has 0 spiro atoms. The van der Waals surface area contributed by atoms with Crippen LogP contribution in [0, 0.1) is 0 Å². The molecule has 4 heteroatoms. The van der Waals surface area contributed by atoms with Crippen molar-refractivity contribution in [3.05, 3.63) is 83.5 Å². The summed E-state index contributed by atoms with van der Waals surface area (Å²) >= 11 is 6.03. The first-order valence-corrected chi connectivity index (χ1v) is 9.39. The number of aromatic nitrogens is 1. The number of hydrogen-bond donors (Lipinski definition) is 0. The van der Waals surface area contributed by atoms with Gasteiger partial charge in [-0.3, -0.25) is 9.88 Å². The van der Waals surface area contributed by atoms with E-state index in [-0.39, 0.29) is 0 Å². The third-order valence-electron chi connectivity index (χ3n) is 4.90. The third kappa shape index (κ3) is 3.90. The van der Waals surface area contributed by atoms with E-state index in [0.29, 0.717) is 0 Å². The van der Waals surface area contributed by atoms with Gasteiger partial charge in [-0.2, -0.15) is 0 Å². The summed E-state index contributed by atoms with van der Waals surface area (Å²) in [6.07, 6.45) is 1.86. The molecule has 1 saturated heterocycles. The Morgan fingerprint density at radius 3 is 2.27 bits per heavy atom. The first-order chi connectivity index (χ1) is 12.8. The number of nitrogens with zero attached hydrogens (tertiary/aromatic N) is 3. The average Bonchev–Trinajstić information content (AvgIpc) is 2.70. The van der Waals surface area contributed by atoms with Crippen molar-refractivity contribution >= 4 is 17.3 Å². The van der Waals surface area contributed by atoms with E-state index in [1.54, 1.807) is 0 Å². The van der Waals surface area contributed by atoms with Crippen LogP contribution in [0.3, 0.4) is 0 Å². The molecule has 3 nitrogen and oxygen atoms in total. The molecule has 132 valence electrons. The average molecular weight is 364 g/mol. The van der Waals surface area contributed by atoms with Crippen LogP contribution in [0.4, 0.5) is 5.69 Å². The summed E-state index contributed by atoms with van der Waals surface area (Å²) in [6, 6.07) is 22.8. The largest absolute Gasteiger partial charge is 0.369 e. The maximum Gasteiger partial charge on any atom is 0.0746 e. The van der Waals surface area contributed by atoms with E-state index in [1.807, 2.05) is 36.5 Å². The van der Waals surface area contributed by atoms with E-state index in [0.717, 1.165) is 49.0 Å². The number of para-hydroxylation sites is 1. The summed E-state index contributed by atoms with van der Waals surface area (Å²) < 4.78 is 0. The van der Waals surface area contributed by atoms with Gasteiger partial charge in [0.15, 0.2) is 0 Å². The number of benzene rings is 2. The van der Waals surface area contributed by atoms with Gasteiger partial charge in [0.05, 0.1) is 5.69 Å². The zero-order chi connectivity index (χ0) is 17.8. The number of pyridine rings is 1. The van der Waals surface area contributed by atoms with Crippen molar-refractivity contribution in [2.75, 3.05) is 31.1 Å². The lowest BCUT2D eigenvalue weighted by atomic mass is 10.1. The Labute approximate surface area is 159 Å². The smallest absolute Gasteiger partial charge is 0.0746 e. The van der Waals surface area contributed by atoms with Crippen LogP contribution in [-0.4, -0.2) is 36.1 Å². The quantitative estimate of drug-likeness (QED) is 0.668. The van der Waals surface area contributed by atoms with Gasteiger partial charge in [0.1, 0.15) is 0 Å². The molecule has 0 unspecified atom stereocenters. The minimum Gasteiger partial charge on any atom is -0.369 e. The van der Waals surface area contributed by atoms with Crippen LogP contribution >= 0.6 is 11.6 Å². The molecule has 0 aliphatic carbocycles. The molecule has 0 radical (unpaired) electrons. The van der Waals surface area contributed by atoms with Crippen LogP contribution in [0.5, 0.6) is 0 Å². The number of anilines is 1. The fraction of sp³-hybridized carbons (Fsp3) is 0.227. The number of rotatable bonds is 4. The first-order valence-electron chi connectivity index (χ1n) is 9.02. The fourth-order valence-electron chi connectivity index (χ4n) is 3.48. The molecule has 0 N–H and O–H groups in total.